The van der Waals surface area contributed by atoms with E-state index < -0.39 is 0 Å². The fraction of sp³-hybridized carbons (Fsp3) is 0.550. The molecule has 124 valence electrons. The van der Waals surface area contributed by atoms with Crippen molar-refractivity contribution in [1.82, 2.24) is 4.98 Å². The molecule has 0 spiro atoms. The number of hydrogen-bond acceptors (Lipinski definition) is 2. The molecule has 1 aromatic carbocycles. The van der Waals surface area contributed by atoms with Crippen molar-refractivity contribution in [3.05, 3.63) is 33.5 Å². The molecule has 1 aromatic heterocycles. The number of rotatable bonds is 2. The molecule has 23 heavy (non-hydrogen) atoms. The topological polar surface area (TPSA) is 22.1 Å². The highest BCUT2D eigenvalue weighted by molar-refractivity contribution is 14.1. The maximum Gasteiger partial charge on any atom is 0.133 e. The van der Waals surface area contributed by atoms with Gasteiger partial charge >= 0.3 is 0 Å². The summed E-state index contributed by atoms with van der Waals surface area (Å²) in [7, 11) is 0. The largest absolute Gasteiger partial charge is 0.489 e. The number of hydrogen-bond donors (Lipinski definition) is 0. The summed E-state index contributed by atoms with van der Waals surface area (Å²) in [5.74, 6) is 1.84. The summed E-state index contributed by atoms with van der Waals surface area (Å²) in [5, 5.41) is 1.19. The van der Waals surface area contributed by atoms with Crippen LogP contribution >= 0.6 is 22.6 Å². The van der Waals surface area contributed by atoms with Gasteiger partial charge in [0.05, 0.1) is 15.2 Å². The fourth-order valence-corrected chi connectivity index (χ4v) is 4.33. The van der Waals surface area contributed by atoms with Crippen LogP contribution < -0.4 is 4.74 Å². The zero-order valence-corrected chi connectivity index (χ0v) is 16.7. The SMILES string of the molecule is Cc1ccc2c(I)c(OC3CCC(C(C)(C)C)CC3)ccc2n1. The molecule has 0 unspecified atom stereocenters. The van der Waals surface area contributed by atoms with Crippen molar-refractivity contribution < 1.29 is 4.74 Å². The number of fused-ring (bicyclic) bond motifs is 1. The summed E-state index contributed by atoms with van der Waals surface area (Å²) >= 11 is 2.40. The van der Waals surface area contributed by atoms with Crippen LogP contribution in [0.15, 0.2) is 24.3 Å². The van der Waals surface area contributed by atoms with E-state index >= 15 is 0 Å². The summed E-state index contributed by atoms with van der Waals surface area (Å²) < 4.78 is 7.54. The van der Waals surface area contributed by atoms with Gasteiger partial charge in [-0.3, -0.25) is 4.98 Å². The van der Waals surface area contributed by atoms with Crippen LogP contribution in [0.3, 0.4) is 0 Å². The summed E-state index contributed by atoms with van der Waals surface area (Å²) in [4.78, 5) is 4.60. The van der Waals surface area contributed by atoms with E-state index in [0.29, 0.717) is 11.5 Å². The van der Waals surface area contributed by atoms with Gasteiger partial charge in [-0.1, -0.05) is 20.8 Å². The number of aromatic nitrogens is 1. The lowest BCUT2D eigenvalue weighted by atomic mass is 9.72. The quantitative estimate of drug-likeness (QED) is 0.542. The van der Waals surface area contributed by atoms with Crippen molar-refractivity contribution in [2.75, 3.05) is 0 Å². The lowest BCUT2D eigenvalue weighted by Gasteiger charge is -2.37. The standard InChI is InChI=1S/C20H26INO/c1-13-5-10-16-17(22-13)11-12-18(19(16)21)23-15-8-6-14(7-9-15)20(2,3)4/h5,10-12,14-15H,6-9H2,1-4H3. The van der Waals surface area contributed by atoms with Crippen LogP contribution in [0.25, 0.3) is 10.9 Å². The summed E-state index contributed by atoms with van der Waals surface area (Å²) in [5.41, 5.74) is 2.53. The minimum atomic E-state index is 0.359. The average molecular weight is 423 g/mol. The Morgan fingerprint density at radius 1 is 1.04 bits per heavy atom. The Morgan fingerprint density at radius 3 is 2.39 bits per heavy atom. The second-order valence-corrected chi connectivity index (χ2v) is 8.93. The number of pyridine rings is 1. The van der Waals surface area contributed by atoms with E-state index in [1.165, 1.54) is 34.6 Å². The smallest absolute Gasteiger partial charge is 0.133 e. The minimum absolute atomic E-state index is 0.359. The Kier molecular flexibility index (Phi) is 4.86. The van der Waals surface area contributed by atoms with Gasteiger partial charge in [-0.05, 0) is 90.8 Å². The van der Waals surface area contributed by atoms with Crippen LogP contribution in [0.1, 0.15) is 52.1 Å². The first-order chi connectivity index (χ1) is 10.8. The van der Waals surface area contributed by atoms with E-state index in [4.69, 9.17) is 4.74 Å². The first kappa shape index (κ1) is 17.0. The van der Waals surface area contributed by atoms with Gasteiger partial charge in [-0.2, -0.15) is 0 Å². The molecule has 0 saturated heterocycles. The van der Waals surface area contributed by atoms with Gasteiger partial charge in [-0.25, -0.2) is 0 Å². The summed E-state index contributed by atoms with van der Waals surface area (Å²) in [6.45, 7) is 9.12. The zero-order valence-electron chi connectivity index (χ0n) is 14.5. The molecular formula is C20H26INO. The summed E-state index contributed by atoms with van der Waals surface area (Å²) in [6, 6.07) is 8.40. The van der Waals surface area contributed by atoms with Crippen molar-refractivity contribution in [3.8, 4) is 5.75 Å². The molecule has 0 atom stereocenters. The van der Waals surface area contributed by atoms with Crippen LogP contribution in [0.4, 0.5) is 0 Å². The Labute approximate surface area is 153 Å². The molecule has 0 N–H and O–H groups in total. The van der Waals surface area contributed by atoms with E-state index in [0.717, 1.165) is 22.9 Å². The molecule has 1 aliphatic carbocycles. The molecule has 3 heteroatoms. The van der Waals surface area contributed by atoms with Gasteiger partial charge in [0.15, 0.2) is 0 Å². The first-order valence-electron chi connectivity index (χ1n) is 8.57. The van der Waals surface area contributed by atoms with Crippen molar-refractivity contribution in [2.24, 2.45) is 11.3 Å². The van der Waals surface area contributed by atoms with E-state index in [1.807, 2.05) is 6.92 Å². The number of halogens is 1. The lowest BCUT2D eigenvalue weighted by Crippen LogP contribution is -2.30. The molecule has 3 rings (SSSR count). The van der Waals surface area contributed by atoms with Crippen molar-refractivity contribution >= 4 is 33.5 Å². The second-order valence-electron chi connectivity index (χ2n) is 7.85. The lowest BCUT2D eigenvalue weighted by molar-refractivity contribution is 0.0878. The molecular weight excluding hydrogens is 397 g/mol. The highest BCUT2D eigenvalue weighted by atomic mass is 127. The molecule has 0 amide bonds. The van der Waals surface area contributed by atoms with Crippen molar-refractivity contribution in [1.29, 1.82) is 0 Å². The van der Waals surface area contributed by atoms with E-state index in [1.54, 1.807) is 0 Å². The van der Waals surface area contributed by atoms with Crippen molar-refractivity contribution in [2.45, 2.75) is 59.5 Å². The van der Waals surface area contributed by atoms with Crippen LogP contribution in [-0.2, 0) is 0 Å². The molecule has 1 aliphatic rings. The Morgan fingerprint density at radius 2 is 1.74 bits per heavy atom. The number of ether oxygens (including phenoxy) is 1. The molecule has 1 saturated carbocycles. The maximum absolute atomic E-state index is 6.35. The van der Waals surface area contributed by atoms with E-state index in [-0.39, 0.29) is 0 Å². The van der Waals surface area contributed by atoms with Crippen LogP contribution in [-0.4, -0.2) is 11.1 Å². The molecule has 0 bridgehead atoms. The molecule has 1 heterocycles. The van der Waals surface area contributed by atoms with Gasteiger partial charge in [0, 0.05) is 11.1 Å². The van der Waals surface area contributed by atoms with E-state index in [9.17, 15) is 0 Å². The molecule has 2 aromatic rings. The third-order valence-corrected chi connectivity index (χ3v) is 6.21. The zero-order chi connectivity index (χ0) is 16.6. The Bertz CT molecular complexity index is 697. The summed E-state index contributed by atoms with van der Waals surface area (Å²) in [6.07, 6.45) is 5.25. The third-order valence-electron chi connectivity index (χ3n) is 5.10. The van der Waals surface area contributed by atoms with Gasteiger partial charge in [0.25, 0.3) is 0 Å². The first-order valence-corrected chi connectivity index (χ1v) is 9.65. The predicted molar refractivity (Wildman–Crippen MR) is 105 cm³/mol. The molecule has 0 aliphatic heterocycles. The van der Waals surface area contributed by atoms with Gasteiger partial charge in [0.2, 0.25) is 0 Å². The molecule has 2 nitrogen and oxygen atoms in total. The highest BCUT2D eigenvalue weighted by Gasteiger charge is 2.30. The van der Waals surface area contributed by atoms with Crippen LogP contribution in [0, 0.1) is 21.8 Å². The highest BCUT2D eigenvalue weighted by Crippen LogP contribution is 2.39. The van der Waals surface area contributed by atoms with Gasteiger partial charge < -0.3 is 4.74 Å². The Balaban J connectivity index is 1.73. The third kappa shape index (κ3) is 3.81. The number of aryl methyl sites for hydroxylation is 1. The predicted octanol–water partition coefficient (Wildman–Crippen LogP) is 6.13. The van der Waals surface area contributed by atoms with Crippen LogP contribution in [0.5, 0.6) is 5.75 Å². The molecule has 1 fully saturated rings. The maximum atomic E-state index is 6.35. The van der Waals surface area contributed by atoms with E-state index in [2.05, 4.69) is 72.6 Å². The van der Waals surface area contributed by atoms with Gasteiger partial charge in [0.1, 0.15) is 5.75 Å². The molecule has 0 radical (unpaired) electrons. The average Bonchev–Trinajstić information content (AvgIpc) is 2.50. The van der Waals surface area contributed by atoms with Gasteiger partial charge in [-0.15, -0.1) is 0 Å². The fourth-order valence-electron chi connectivity index (χ4n) is 3.57. The normalized spacial score (nSPS) is 22.3. The second kappa shape index (κ2) is 6.58. The minimum Gasteiger partial charge on any atom is -0.489 e. The monoisotopic (exact) mass is 423 g/mol. The van der Waals surface area contributed by atoms with Crippen molar-refractivity contribution in [3.63, 3.8) is 0 Å². The Hall–Kier alpha value is -0.840. The number of benzene rings is 1. The van der Waals surface area contributed by atoms with Crippen LogP contribution in [0.2, 0.25) is 0 Å². The number of nitrogens with zero attached hydrogens (tertiary/aromatic N) is 1.